The minimum Gasteiger partial charge on any atom is -0.492 e. The van der Waals surface area contributed by atoms with E-state index in [2.05, 4.69) is 24.5 Å². The minimum atomic E-state index is -0.773. The highest BCUT2D eigenvalue weighted by molar-refractivity contribution is 6.32. The van der Waals surface area contributed by atoms with Crippen molar-refractivity contribution in [1.29, 1.82) is 0 Å². The smallest absolute Gasteiger partial charge is 0.256 e. The van der Waals surface area contributed by atoms with Crippen LogP contribution in [-0.2, 0) is 9.53 Å². The van der Waals surface area contributed by atoms with E-state index >= 15 is 0 Å². The summed E-state index contributed by atoms with van der Waals surface area (Å²) in [6.45, 7) is 6.29. The molecule has 1 aromatic rings. The van der Waals surface area contributed by atoms with Crippen molar-refractivity contribution in [3.63, 3.8) is 0 Å². The summed E-state index contributed by atoms with van der Waals surface area (Å²) in [6, 6.07) is 5.28. The zero-order valence-electron chi connectivity index (χ0n) is 13.9. The van der Waals surface area contributed by atoms with Crippen molar-refractivity contribution in [2.45, 2.75) is 32.3 Å². The Hall–Kier alpha value is -1.30. The van der Waals surface area contributed by atoms with Crippen LogP contribution in [0.2, 0.25) is 5.02 Å². The Bertz CT molecular complexity index is 543. The SMILES string of the molecule is COC1(C(=O)Nc2ccc(OCC(C)C)c(Cl)c2)CCNCC1. The van der Waals surface area contributed by atoms with E-state index in [1.807, 2.05) is 0 Å². The summed E-state index contributed by atoms with van der Waals surface area (Å²) >= 11 is 6.23. The molecule has 0 unspecified atom stereocenters. The van der Waals surface area contributed by atoms with Crippen molar-refractivity contribution in [3.8, 4) is 5.75 Å². The Kier molecular flexibility index (Phi) is 6.27. The number of amides is 1. The minimum absolute atomic E-state index is 0.131. The summed E-state index contributed by atoms with van der Waals surface area (Å²) in [5, 5.41) is 6.63. The lowest BCUT2D eigenvalue weighted by molar-refractivity contribution is -0.140. The predicted molar refractivity (Wildman–Crippen MR) is 92.3 cm³/mol. The molecule has 5 nitrogen and oxygen atoms in total. The zero-order valence-corrected chi connectivity index (χ0v) is 14.7. The number of rotatable bonds is 6. The number of carbonyl (C=O) groups is 1. The number of benzene rings is 1. The number of hydrogen-bond acceptors (Lipinski definition) is 4. The Morgan fingerprint density at radius 1 is 1.39 bits per heavy atom. The molecule has 23 heavy (non-hydrogen) atoms. The third-order valence-corrected chi connectivity index (χ3v) is 4.27. The van der Waals surface area contributed by atoms with Crippen molar-refractivity contribution in [2.75, 3.05) is 32.1 Å². The van der Waals surface area contributed by atoms with Crippen LogP contribution in [0.4, 0.5) is 5.69 Å². The molecule has 1 aliphatic rings. The Morgan fingerprint density at radius 3 is 2.65 bits per heavy atom. The van der Waals surface area contributed by atoms with Crippen LogP contribution in [0, 0.1) is 5.92 Å². The first-order chi connectivity index (χ1) is 11.0. The van der Waals surface area contributed by atoms with Gasteiger partial charge < -0.3 is 20.1 Å². The van der Waals surface area contributed by atoms with Crippen LogP contribution in [0.3, 0.4) is 0 Å². The highest BCUT2D eigenvalue weighted by atomic mass is 35.5. The highest BCUT2D eigenvalue weighted by Crippen LogP contribution is 2.30. The van der Waals surface area contributed by atoms with Crippen LogP contribution in [-0.4, -0.2) is 38.3 Å². The topological polar surface area (TPSA) is 59.6 Å². The highest BCUT2D eigenvalue weighted by Gasteiger charge is 2.39. The van der Waals surface area contributed by atoms with E-state index in [0.29, 0.717) is 41.8 Å². The normalized spacial score (nSPS) is 17.1. The second-order valence-electron chi connectivity index (χ2n) is 6.25. The molecule has 1 aromatic carbocycles. The van der Waals surface area contributed by atoms with E-state index < -0.39 is 5.60 Å². The standard InChI is InChI=1S/C17H25ClN2O3/c1-12(2)11-23-15-5-4-13(10-14(15)18)20-16(21)17(22-3)6-8-19-9-7-17/h4-5,10,12,19H,6-9,11H2,1-3H3,(H,20,21). The average molecular weight is 341 g/mol. The second kappa shape index (κ2) is 7.99. The van der Waals surface area contributed by atoms with Gasteiger partial charge in [0, 0.05) is 12.8 Å². The largest absolute Gasteiger partial charge is 0.492 e. The van der Waals surface area contributed by atoms with Gasteiger partial charge in [-0.3, -0.25) is 4.79 Å². The molecule has 0 saturated carbocycles. The van der Waals surface area contributed by atoms with Gasteiger partial charge in [0.25, 0.3) is 5.91 Å². The quantitative estimate of drug-likeness (QED) is 0.835. The van der Waals surface area contributed by atoms with Gasteiger partial charge in [0.2, 0.25) is 0 Å². The van der Waals surface area contributed by atoms with Crippen LogP contribution >= 0.6 is 11.6 Å². The second-order valence-corrected chi connectivity index (χ2v) is 6.66. The molecule has 2 N–H and O–H groups in total. The van der Waals surface area contributed by atoms with Crippen molar-refractivity contribution in [3.05, 3.63) is 23.2 Å². The van der Waals surface area contributed by atoms with Gasteiger partial charge in [0.05, 0.1) is 11.6 Å². The summed E-state index contributed by atoms with van der Waals surface area (Å²) < 4.78 is 11.2. The summed E-state index contributed by atoms with van der Waals surface area (Å²) in [4.78, 5) is 12.6. The third-order valence-electron chi connectivity index (χ3n) is 3.98. The van der Waals surface area contributed by atoms with Gasteiger partial charge in [-0.1, -0.05) is 25.4 Å². The summed E-state index contributed by atoms with van der Waals surface area (Å²) in [7, 11) is 1.58. The van der Waals surface area contributed by atoms with E-state index in [1.54, 1.807) is 25.3 Å². The average Bonchev–Trinajstić information content (AvgIpc) is 2.54. The molecule has 1 saturated heterocycles. The lowest BCUT2D eigenvalue weighted by atomic mass is 9.91. The number of hydrogen-bond donors (Lipinski definition) is 2. The van der Waals surface area contributed by atoms with Gasteiger partial charge in [-0.05, 0) is 50.0 Å². The molecule has 6 heteroatoms. The summed E-state index contributed by atoms with van der Waals surface area (Å²) in [5.74, 6) is 0.919. The van der Waals surface area contributed by atoms with Crippen molar-refractivity contribution in [1.82, 2.24) is 5.32 Å². The molecule has 0 bridgehead atoms. The van der Waals surface area contributed by atoms with Crippen LogP contribution in [0.15, 0.2) is 18.2 Å². The zero-order chi connectivity index (χ0) is 16.9. The van der Waals surface area contributed by atoms with Crippen LogP contribution in [0.25, 0.3) is 0 Å². The maximum Gasteiger partial charge on any atom is 0.256 e. The van der Waals surface area contributed by atoms with Gasteiger partial charge in [-0.2, -0.15) is 0 Å². The van der Waals surface area contributed by atoms with E-state index in [-0.39, 0.29) is 5.91 Å². The number of piperidine rings is 1. The van der Waals surface area contributed by atoms with E-state index in [9.17, 15) is 4.79 Å². The Labute approximate surface area is 142 Å². The first-order valence-corrected chi connectivity index (χ1v) is 8.34. The Balaban J connectivity index is 2.04. The van der Waals surface area contributed by atoms with Crippen molar-refractivity contribution in [2.24, 2.45) is 5.92 Å². The molecule has 0 aliphatic carbocycles. The van der Waals surface area contributed by atoms with E-state index in [0.717, 1.165) is 13.1 Å². The van der Waals surface area contributed by atoms with Crippen molar-refractivity contribution >= 4 is 23.2 Å². The number of halogens is 1. The maximum atomic E-state index is 12.6. The fourth-order valence-corrected chi connectivity index (χ4v) is 2.79. The molecule has 1 fully saturated rings. The first-order valence-electron chi connectivity index (χ1n) is 7.96. The lowest BCUT2D eigenvalue weighted by Gasteiger charge is -2.34. The molecule has 0 spiro atoms. The van der Waals surface area contributed by atoms with Gasteiger partial charge >= 0.3 is 0 Å². The van der Waals surface area contributed by atoms with E-state index in [1.165, 1.54) is 0 Å². The summed E-state index contributed by atoms with van der Waals surface area (Å²) in [6.07, 6.45) is 1.30. The molecule has 0 atom stereocenters. The molecule has 0 aromatic heterocycles. The number of methoxy groups -OCH3 is 1. The monoisotopic (exact) mass is 340 g/mol. The molecule has 1 heterocycles. The van der Waals surface area contributed by atoms with Crippen LogP contribution in [0.1, 0.15) is 26.7 Å². The predicted octanol–water partition coefficient (Wildman–Crippen LogP) is 3.08. The molecule has 1 amide bonds. The van der Waals surface area contributed by atoms with Crippen LogP contribution < -0.4 is 15.4 Å². The first kappa shape index (κ1) is 18.0. The lowest BCUT2D eigenvalue weighted by Crippen LogP contribution is -2.51. The van der Waals surface area contributed by atoms with E-state index in [4.69, 9.17) is 21.1 Å². The van der Waals surface area contributed by atoms with Gasteiger partial charge in [0.15, 0.2) is 0 Å². The van der Waals surface area contributed by atoms with Gasteiger partial charge in [-0.15, -0.1) is 0 Å². The molecular formula is C17H25ClN2O3. The maximum absolute atomic E-state index is 12.6. The molecular weight excluding hydrogens is 316 g/mol. The number of anilines is 1. The number of carbonyl (C=O) groups excluding carboxylic acids is 1. The Morgan fingerprint density at radius 2 is 2.09 bits per heavy atom. The fraction of sp³-hybridized carbons (Fsp3) is 0.588. The third kappa shape index (κ3) is 4.59. The molecule has 1 aliphatic heterocycles. The van der Waals surface area contributed by atoms with Gasteiger partial charge in [-0.25, -0.2) is 0 Å². The molecule has 128 valence electrons. The number of ether oxygens (including phenoxy) is 2. The molecule has 0 radical (unpaired) electrons. The summed E-state index contributed by atoms with van der Waals surface area (Å²) in [5.41, 5.74) is -0.128. The van der Waals surface area contributed by atoms with Crippen molar-refractivity contribution < 1.29 is 14.3 Å². The molecule has 2 rings (SSSR count). The van der Waals surface area contributed by atoms with Crippen LogP contribution in [0.5, 0.6) is 5.75 Å². The number of nitrogens with one attached hydrogen (secondary N) is 2. The van der Waals surface area contributed by atoms with Gasteiger partial charge in [0.1, 0.15) is 11.4 Å². The fourth-order valence-electron chi connectivity index (χ4n) is 2.55.